The highest BCUT2D eigenvalue weighted by Crippen LogP contribution is 2.55. The Bertz CT molecular complexity index is 1280. The molecule has 1 spiro atoms. The number of nitrogens with zero attached hydrogens (tertiary/aromatic N) is 6. The lowest BCUT2D eigenvalue weighted by molar-refractivity contribution is -0.120. The molecule has 0 radical (unpaired) electrons. The second-order valence-electron chi connectivity index (χ2n) is 11.0. The molecule has 8 nitrogen and oxygen atoms in total. The zero-order valence-electron chi connectivity index (χ0n) is 22.0. The van der Waals surface area contributed by atoms with Crippen LogP contribution in [0.1, 0.15) is 31.2 Å². The van der Waals surface area contributed by atoms with Gasteiger partial charge in [0.2, 0.25) is 11.9 Å². The number of hydrogen-bond acceptors (Lipinski definition) is 8. The van der Waals surface area contributed by atoms with Crippen molar-refractivity contribution in [1.29, 1.82) is 0 Å². The van der Waals surface area contributed by atoms with Crippen molar-refractivity contribution < 1.29 is 4.79 Å². The molecule has 1 N–H and O–H groups in total. The van der Waals surface area contributed by atoms with Crippen LogP contribution >= 0.6 is 11.8 Å². The summed E-state index contributed by atoms with van der Waals surface area (Å²) in [5, 5.41) is 4.12. The summed E-state index contributed by atoms with van der Waals surface area (Å²) in [6.45, 7) is 9.41. The first-order chi connectivity index (χ1) is 17.8. The van der Waals surface area contributed by atoms with E-state index in [9.17, 15) is 4.79 Å². The number of aromatic nitrogens is 2. The normalized spacial score (nSPS) is 20.5. The van der Waals surface area contributed by atoms with E-state index in [2.05, 4.69) is 45.8 Å². The maximum absolute atomic E-state index is 12.8. The number of allylic oxidation sites excluding steroid dienone is 1. The number of fused-ring (bicyclic) bond motifs is 5. The third kappa shape index (κ3) is 4.43. The predicted octanol–water partition coefficient (Wildman–Crippen LogP) is 3.91. The van der Waals surface area contributed by atoms with Crippen LogP contribution in [-0.2, 0) is 4.79 Å². The Morgan fingerprint density at radius 2 is 1.95 bits per heavy atom. The van der Waals surface area contributed by atoms with E-state index in [1.807, 2.05) is 37.3 Å². The van der Waals surface area contributed by atoms with Crippen LogP contribution in [0, 0.1) is 5.41 Å². The number of hydrogen-bond donors (Lipinski definition) is 1. The van der Waals surface area contributed by atoms with Gasteiger partial charge in [0.05, 0.1) is 11.4 Å². The van der Waals surface area contributed by atoms with Gasteiger partial charge in [-0.15, -0.1) is 0 Å². The van der Waals surface area contributed by atoms with Crippen LogP contribution in [0.5, 0.6) is 0 Å². The van der Waals surface area contributed by atoms with E-state index in [1.165, 1.54) is 19.3 Å². The molecule has 1 aromatic heterocycles. The number of anilines is 3. The molecule has 37 heavy (non-hydrogen) atoms. The highest BCUT2D eigenvalue weighted by molar-refractivity contribution is 8.03. The lowest BCUT2D eigenvalue weighted by Crippen LogP contribution is -2.40. The molecule has 194 valence electrons. The van der Waals surface area contributed by atoms with Crippen molar-refractivity contribution in [3.8, 4) is 0 Å². The largest absolute Gasteiger partial charge is 0.340 e. The third-order valence-electron chi connectivity index (χ3n) is 8.14. The first kappa shape index (κ1) is 24.5. The standard InChI is InChI=1S/C28H35N7OS/c1-19-20-17-29-27(34-16-12-28(18-34)10-14-33(4)15-11-28)31-25(20)35-21-7-5-6-8-22(21)37-26(35)24(19)30-23(36)9-13-32(2)3/h5-8,17H,1,9-16,18H2,2-4H3,(H,30,36). The number of amides is 1. The highest BCUT2D eigenvalue weighted by atomic mass is 32.2. The van der Waals surface area contributed by atoms with Crippen molar-refractivity contribution in [3.05, 3.63) is 53.3 Å². The molecule has 4 aliphatic heterocycles. The van der Waals surface area contributed by atoms with E-state index in [0.29, 0.717) is 18.4 Å². The fourth-order valence-electron chi connectivity index (χ4n) is 5.79. The number of likely N-dealkylation sites (tertiary alicyclic amines) is 1. The maximum atomic E-state index is 12.8. The van der Waals surface area contributed by atoms with Gasteiger partial charge in [-0.3, -0.25) is 9.69 Å². The molecule has 0 aliphatic carbocycles. The second-order valence-corrected chi connectivity index (χ2v) is 12.1. The van der Waals surface area contributed by atoms with Gasteiger partial charge in [0, 0.05) is 48.3 Å². The second kappa shape index (κ2) is 9.45. The maximum Gasteiger partial charge on any atom is 0.227 e. The van der Waals surface area contributed by atoms with Gasteiger partial charge in [-0.05, 0) is 71.0 Å². The molecular formula is C28H35N7OS. The van der Waals surface area contributed by atoms with E-state index in [4.69, 9.17) is 9.97 Å². The van der Waals surface area contributed by atoms with E-state index in [-0.39, 0.29) is 5.91 Å². The van der Waals surface area contributed by atoms with E-state index < -0.39 is 0 Å². The number of nitrogens with one attached hydrogen (secondary N) is 1. The monoisotopic (exact) mass is 517 g/mol. The number of thioether (sulfide) groups is 1. The van der Waals surface area contributed by atoms with Crippen molar-refractivity contribution >= 4 is 40.7 Å². The summed E-state index contributed by atoms with van der Waals surface area (Å²) in [6, 6.07) is 8.33. The van der Waals surface area contributed by atoms with Crippen LogP contribution in [0.25, 0.3) is 5.57 Å². The van der Waals surface area contributed by atoms with Crippen LogP contribution in [0.2, 0.25) is 0 Å². The van der Waals surface area contributed by atoms with Crippen molar-refractivity contribution in [2.75, 3.05) is 63.7 Å². The minimum Gasteiger partial charge on any atom is -0.340 e. The fourth-order valence-corrected chi connectivity index (χ4v) is 6.96. The predicted molar refractivity (Wildman–Crippen MR) is 150 cm³/mol. The average molecular weight is 518 g/mol. The summed E-state index contributed by atoms with van der Waals surface area (Å²) >= 11 is 1.66. The van der Waals surface area contributed by atoms with Crippen LogP contribution in [-0.4, -0.2) is 79.5 Å². The molecule has 9 heteroatoms. The summed E-state index contributed by atoms with van der Waals surface area (Å²) in [5.41, 5.74) is 3.83. The minimum absolute atomic E-state index is 0.0182. The minimum atomic E-state index is -0.0182. The number of para-hydroxylation sites is 1. The third-order valence-corrected chi connectivity index (χ3v) is 9.29. The molecular weight excluding hydrogens is 482 g/mol. The zero-order valence-corrected chi connectivity index (χ0v) is 22.8. The Morgan fingerprint density at radius 1 is 1.19 bits per heavy atom. The quantitative estimate of drug-likeness (QED) is 0.641. The molecule has 6 rings (SSSR count). The molecule has 0 saturated carbocycles. The SMILES string of the molecule is C=C1C(NC(=O)CCN(C)C)=C2Sc3ccccc3N2c2nc(N3CCC4(CCN(C)CC4)C3)ncc21. The summed E-state index contributed by atoms with van der Waals surface area (Å²) in [5.74, 6) is 1.61. The fraction of sp³-hybridized carbons (Fsp3) is 0.464. The number of carbonyl (C=O) groups excluding carboxylic acids is 1. The molecule has 2 fully saturated rings. The molecule has 5 heterocycles. The molecule has 2 saturated heterocycles. The van der Waals surface area contributed by atoms with Crippen LogP contribution in [0.4, 0.5) is 17.5 Å². The smallest absolute Gasteiger partial charge is 0.227 e. The highest BCUT2D eigenvalue weighted by Gasteiger charge is 2.42. The lowest BCUT2D eigenvalue weighted by atomic mass is 9.78. The molecule has 2 aromatic rings. The number of rotatable bonds is 5. The molecule has 1 amide bonds. The van der Waals surface area contributed by atoms with Crippen LogP contribution in [0.15, 0.2) is 52.7 Å². The summed E-state index contributed by atoms with van der Waals surface area (Å²) in [7, 11) is 6.16. The Balaban J connectivity index is 1.33. The lowest BCUT2D eigenvalue weighted by Gasteiger charge is -2.37. The van der Waals surface area contributed by atoms with Gasteiger partial charge in [-0.25, -0.2) is 4.98 Å². The topological polar surface area (TPSA) is 67.8 Å². The van der Waals surface area contributed by atoms with E-state index >= 15 is 0 Å². The summed E-state index contributed by atoms with van der Waals surface area (Å²) in [4.78, 5) is 33.0. The molecule has 0 unspecified atom stereocenters. The van der Waals surface area contributed by atoms with E-state index in [0.717, 1.165) is 70.4 Å². The van der Waals surface area contributed by atoms with Crippen LogP contribution in [0.3, 0.4) is 0 Å². The number of carbonyl (C=O) groups is 1. The Hall–Kier alpha value is -2.88. The van der Waals surface area contributed by atoms with Gasteiger partial charge >= 0.3 is 0 Å². The number of benzene rings is 1. The Kier molecular flexibility index (Phi) is 6.25. The van der Waals surface area contributed by atoms with E-state index in [1.54, 1.807) is 11.8 Å². The van der Waals surface area contributed by atoms with Crippen LogP contribution < -0.4 is 15.1 Å². The van der Waals surface area contributed by atoms with Gasteiger partial charge < -0.3 is 20.0 Å². The molecule has 0 atom stereocenters. The van der Waals surface area contributed by atoms with Gasteiger partial charge in [0.15, 0.2) is 5.82 Å². The zero-order chi connectivity index (χ0) is 25.7. The van der Waals surface area contributed by atoms with Crippen molar-refractivity contribution in [3.63, 3.8) is 0 Å². The Morgan fingerprint density at radius 3 is 2.73 bits per heavy atom. The van der Waals surface area contributed by atoms with Crippen molar-refractivity contribution in [1.82, 2.24) is 25.1 Å². The summed E-state index contributed by atoms with van der Waals surface area (Å²) in [6.07, 6.45) is 5.99. The first-order valence-corrected chi connectivity index (χ1v) is 13.9. The molecule has 4 aliphatic rings. The van der Waals surface area contributed by atoms with Gasteiger partial charge in [0.1, 0.15) is 5.03 Å². The molecule has 0 bridgehead atoms. The number of piperidine rings is 1. The molecule has 1 aromatic carbocycles. The van der Waals surface area contributed by atoms with Gasteiger partial charge in [-0.2, -0.15) is 4.98 Å². The van der Waals surface area contributed by atoms with Gasteiger partial charge in [-0.1, -0.05) is 30.5 Å². The Labute approximate surface area is 223 Å². The first-order valence-electron chi connectivity index (χ1n) is 13.1. The van der Waals surface area contributed by atoms with Crippen molar-refractivity contribution in [2.45, 2.75) is 30.6 Å². The van der Waals surface area contributed by atoms with Crippen molar-refractivity contribution in [2.24, 2.45) is 5.41 Å². The average Bonchev–Trinajstić information content (AvgIpc) is 3.49. The van der Waals surface area contributed by atoms with Gasteiger partial charge in [0.25, 0.3) is 0 Å². The summed E-state index contributed by atoms with van der Waals surface area (Å²) < 4.78 is 0.